The molecular weight excluding hydrogens is 214 g/mol. The summed E-state index contributed by atoms with van der Waals surface area (Å²) < 4.78 is 0. The van der Waals surface area contributed by atoms with Gasteiger partial charge in [-0.15, -0.1) is 0 Å². The van der Waals surface area contributed by atoms with Gasteiger partial charge in [-0.2, -0.15) is 0 Å². The van der Waals surface area contributed by atoms with E-state index in [0.29, 0.717) is 6.42 Å². The summed E-state index contributed by atoms with van der Waals surface area (Å²) in [5.41, 5.74) is 0. The van der Waals surface area contributed by atoms with Gasteiger partial charge in [0.1, 0.15) is 0 Å². The predicted octanol–water partition coefficient (Wildman–Crippen LogP) is 3.35. The van der Waals surface area contributed by atoms with Crippen LogP contribution >= 0.6 is 0 Å². The minimum Gasteiger partial charge on any atom is -0.293 e. The van der Waals surface area contributed by atoms with Gasteiger partial charge in [-0.1, -0.05) is 58.4 Å². The molecule has 0 aliphatic rings. The Morgan fingerprint density at radius 3 is 2.06 bits per heavy atom. The lowest BCUT2D eigenvalue weighted by Gasteiger charge is -2.02. The first-order valence-electron chi connectivity index (χ1n) is 6.67. The Kier molecular flexibility index (Phi) is 10.6. The van der Waals surface area contributed by atoms with Crippen molar-refractivity contribution in [2.45, 2.75) is 64.7 Å². The van der Waals surface area contributed by atoms with Crippen molar-refractivity contribution in [3.05, 3.63) is 12.7 Å². The van der Waals surface area contributed by atoms with Gasteiger partial charge in [0.25, 0.3) is 0 Å². The fourth-order valence-corrected chi connectivity index (χ4v) is 1.67. The maximum atomic E-state index is 11.2. The van der Waals surface area contributed by atoms with Crippen LogP contribution in [0.1, 0.15) is 64.7 Å². The summed E-state index contributed by atoms with van der Waals surface area (Å²) in [6.07, 6.45) is 11.2. The molecule has 0 aromatic rings. The molecule has 0 aromatic carbocycles. The number of amides is 2. The van der Waals surface area contributed by atoms with Gasteiger partial charge in [-0.25, -0.2) is 0 Å². The van der Waals surface area contributed by atoms with Gasteiger partial charge >= 0.3 is 0 Å². The van der Waals surface area contributed by atoms with E-state index < -0.39 is 5.91 Å². The molecule has 0 spiro atoms. The van der Waals surface area contributed by atoms with Crippen molar-refractivity contribution < 1.29 is 9.59 Å². The normalized spacial score (nSPS) is 9.94. The second-order valence-corrected chi connectivity index (χ2v) is 4.34. The highest BCUT2D eigenvalue weighted by Crippen LogP contribution is 2.09. The SMILES string of the molecule is C=CC(=O)NC(=O)CCCCCCCCCC. The minimum atomic E-state index is -0.408. The lowest BCUT2D eigenvalue weighted by Crippen LogP contribution is -2.28. The number of hydrogen-bond donors (Lipinski definition) is 1. The van der Waals surface area contributed by atoms with Crippen molar-refractivity contribution in [1.29, 1.82) is 0 Å². The second-order valence-electron chi connectivity index (χ2n) is 4.34. The van der Waals surface area contributed by atoms with Crippen LogP contribution in [0.15, 0.2) is 12.7 Å². The lowest BCUT2D eigenvalue weighted by molar-refractivity contribution is -0.128. The quantitative estimate of drug-likeness (QED) is 0.469. The van der Waals surface area contributed by atoms with Crippen molar-refractivity contribution in [1.82, 2.24) is 5.32 Å². The second kappa shape index (κ2) is 11.4. The van der Waals surface area contributed by atoms with Crippen LogP contribution in [0, 0.1) is 0 Å². The van der Waals surface area contributed by atoms with Gasteiger partial charge < -0.3 is 0 Å². The standard InChI is InChI=1S/C14H25NO2/c1-3-5-6-7-8-9-10-11-12-14(17)15-13(16)4-2/h4H,2-3,5-12H2,1H3,(H,15,16,17). The van der Waals surface area contributed by atoms with Crippen molar-refractivity contribution in [3.8, 4) is 0 Å². The maximum absolute atomic E-state index is 11.2. The highest BCUT2D eigenvalue weighted by atomic mass is 16.2. The predicted molar refractivity (Wildman–Crippen MR) is 70.6 cm³/mol. The largest absolute Gasteiger partial charge is 0.293 e. The molecule has 17 heavy (non-hydrogen) atoms. The highest BCUT2D eigenvalue weighted by molar-refractivity contribution is 6.00. The van der Waals surface area contributed by atoms with E-state index in [9.17, 15) is 9.59 Å². The summed E-state index contributed by atoms with van der Waals surface area (Å²) in [5, 5.41) is 2.25. The molecule has 0 atom stereocenters. The highest BCUT2D eigenvalue weighted by Gasteiger charge is 2.03. The Morgan fingerprint density at radius 2 is 1.53 bits per heavy atom. The molecule has 0 aliphatic carbocycles. The van der Waals surface area contributed by atoms with Crippen molar-refractivity contribution in [3.63, 3.8) is 0 Å². The van der Waals surface area contributed by atoms with Crippen LogP contribution in [-0.2, 0) is 9.59 Å². The molecule has 0 aromatic heterocycles. The maximum Gasteiger partial charge on any atom is 0.249 e. The van der Waals surface area contributed by atoms with Crippen molar-refractivity contribution >= 4 is 11.8 Å². The molecule has 2 amide bonds. The van der Waals surface area contributed by atoms with Gasteiger partial charge in [-0.05, 0) is 12.5 Å². The monoisotopic (exact) mass is 239 g/mol. The zero-order chi connectivity index (χ0) is 12.9. The van der Waals surface area contributed by atoms with Crippen LogP contribution in [0.5, 0.6) is 0 Å². The lowest BCUT2D eigenvalue weighted by atomic mass is 10.1. The van der Waals surface area contributed by atoms with Crippen molar-refractivity contribution in [2.75, 3.05) is 0 Å². The molecule has 1 N–H and O–H groups in total. The third-order valence-corrected chi connectivity index (χ3v) is 2.71. The number of hydrogen-bond acceptors (Lipinski definition) is 2. The van der Waals surface area contributed by atoms with Gasteiger partial charge in [0.05, 0.1) is 0 Å². The molecule has 0 radical (unpaired) electrons. The smallest absolute Gasteiger partial charge is 0.249 e. The number of rotatable bonds is 10. The average Bonchev–Trinajstić information content (AvgIpc) is 2.32. The minimum absolute atomic E-state index is 0.194. The van der Waals surface area contributed by atoms with Crippen LogP contribution < -0.4 is 5.32 Å². The van der Waals surface area contributed by atoms with Crippen LogP contribution in [0.3, 0.4) is 0 Å². The van der Waals surface area contributed by atoms with E-state index in [-0.39, 0.29) is 5.91 Å². The van der Waals surface area contributed by atoms with E-state index in [1.807, 2.05) is 0 Å². The Morgan fingerprint density at radius 1 is 1.00 bits per heavy atom. The summed E-state index contributed by atoms with van der Waals surface area (Å²) in [7, 11) is 0. The van der Waals surface area contributed by atoms with E-state index in [1.54, 1.807) is 0 Å². The molecular formula is C14H25NO2. The van der Waals surface area contributed by atoms with E-state index >= 15 is 0 Å². The average molecular weight is 239 g/mol. The van der Waals surface area contributed by atoms with Gasteiger partial charge in [0, 0.05) is 6.42 Å². The molecule has 0 rings (SSSR count). The fraction of sp³-hybridized carbons (Fsp3) is 0.714. The van der Waals surface area contributed by atoms with Gasteiger partial charge in [0.2, 0.25) is 11.8 Å². The molecule has 0 unspecified atom stereocenters. The molecule has 0 saturated carbocycles. The Balaban J connectivity index is 3.25. The van der Waals surface area contributed by atoms with E-state index in [1.165, 1.54) is 38.5 Å². The number of nitrogens with one attached hydrogen (secondary N) is 1. The molecule has 0 bridgehead atoms. The Labute approximate surface area is 105 Å². The van der Waals surface area contributed by atoms with Crippen LogP contribution in [0.4, 0.5) is 0 Å². The Bertz CT molecular complexity index is 236. The van der Waals surface area contributed by atoms with E-state index in [2.05, 4.69) is 18.8 Å². The summed E-state index contributed by atoms with van der Waals surface area (Å²) in [6, 6.07) is 0. The topological polar surface area (TPSA) is 46.2 Å². The van der Waals surface area contributed by atoms with Crippen LogP contribution in [0.2, 0.25) is 0 Å². The molecule has 0 saturated heterocycles. The number of carbonyl (C=O) groups is 2. The van der Waals surface area contributed by atoms with Crippen LogP contribution in [-0.4, -0.2) is 11.8 Å². The molecule has 3 heteroatoms. The third kappa shape index (κ3) is 11.1. The van der Waals surface area contributed by atoms with Crippen LogP contribution in [0.25, 0.3) is 0 Å². The molecule has 0 fully saturated rings. The molecule has 3 nitrogen and oxygen atoms in total. The summed E-state index contributed by atoms with van der Waals surface area (Å²) in [5.74, 6) is -0.601. The zero-order valence-corrected chi connectivity index (χ0v) is 11.0. The number of unbranched alkanes of at least 4 members (excludes halogenated alkanes) is 7. The van der Waals surface area contributed by atoms with E-state index in [0.717, 1.165) is 18.9 Å². The first-order valence-corrected chi connectivity index (χ1v) is 6.67. The molecule has 0 heterocycles. The first kappa shape index (κ1) is 15.9. The van der Waals surface area contributed by atoms with Crippen molar-refractivity contribution in [2.24, 2.45) is 0 Å². The number of imide groups is 1. The summed E-state index contributed by atoms with van der Waals surface area (Å²) >= 11 is 0. The third-order valence-electron chi connectivity index (χ3n) is 2.71. The number of carbonyl (C=O) groups excluding carboxylic acids is 2. The summed E-state index contributed by atoms with van der Waals surface area (Å²) in [6.45, 7) is 5.51. The first-order chi connectivity index (χ1) is 8.20. The fourth-order valence-electron chi connectivity index (χ4n) is 1.67. The zero-order valence-electron chi connectivity index (χ0n) is 11.0. The van der Waals surface area contributed by atoms with E-state index in [4.69, 9.17) is 0 Å². The van der Waals surface area contributed by atoms with Gasteiger partial charge in [0.15, 0.2) is 0 Å². The van der Waals surface area contributed by atoms with Gasteiger partial charge in [-0.3, -0.25) is 14.9 Å². The Hall–Kier alpha value is -1.12. The molecule has 0 aliphatic heterocycles. The molecule has 98 valence electrons. The summed E-state index contributed by atoms with van der Waals surface area (Å²) in [4.78, 5) is 22.0.